The monoisotopic (exact) mass is 552 g/mol. The summed E-state index contributed by atoms with van der Waals surface area (Å²) in [4.78, 5) is 12.8. The van der Waals surface area contributed by atoms with Crippen LogP contribution < -0.4 is 16.3 Å². The molecular formula is C26H34F2N4O5S. The largest absolute Gasteiger partial charge is 0.491 e. The summed E-state index contributed by atoms with van der Waals surface area (Å²) < 4.78 is 61.6. The molecule has 12 heteroatoms. The molecule has 9 nitrogen and oxygen atoms in total. The Kier molecular flexibility index (Phi) is 10.2. The molecule has 2 unspecified atom stereocenters. The highest BCUT2D eigenvalue weighted by Crippen LogP contribution is 2.37. The van der Waals surface area contributed by atoms with Gasteiger partial charge in [-0.2, -0.15) is 8.78 Å². The molecule has 2 aromatic rings. The summed E-state index contributed by atoms with van der Waals surface area (Å²) in [5, 5.41) is 1.28. The smallest absolute Gasteiger partial charge is 0.380 e. The molecule has 0 spiro atoms. The van der Waals surface area contributed by atoms with E-state index >= 15 is 8.78 Å². The lowest BCUT2D eigenvalue weighted by Gasteiger charge is -2.27. The fraction of sp³-hybridized carbons (Fsp3) is 0.423. The number of benzene rings is 2. The van der Waals surface area contributed by atoms with E-state index in [2.05, 4.69) is 4.74 Å². The molecular weight excluding hydrogens is 518 g/mol. The Morgan fingerprint density at radius 2 is 2.03 bits per heavy atom. The first-order valence-corrected chi connectivity index (χ1v) is 13.3. The quantitative estimate of drug-likeness (QED) is 0.248. The van der Waals surface area contributed by atoms with E-state index in [4.69, 9.17) is 21.1 Å². The molecule has 1 aliphatic rings. The number of hydrazine groups is 1. The molecule has 0 amide bonds. The molecule has 3 rings (SSSR count). The molecule has 0 fully saturated rings. The minimum Gasteiger partial charge on any atom is -0.491 e. The second-order valence-electron chi connectivity index (χ2n) is 8.66. The summed E-state index contributed by atoms with van der Waals surface area (Å²) in [7, 11) is -1.53. The lowest BCUT2D eigenvalue weighted by molar-refractivity contribution is -0.195. The van der Waals surface area contributed by atoms with Crippen molar-refractivity contribution < 1.29 is 32.0 Å². The van der Waals surface area contributed by atoms with Crippen molar-refractivity contribution in [2.75, 3.05) is 32.9 Å². The number of alkyl halides is 2. The van der Waals surface area contributed by atoms with E-state index in [1.165, 1.54) is 30.3 Å². The second-order valence-corrected chi connectivity index (χ2v) is 10.1. The van der Waals surface area contributed by atoms with Crippen LogP contribution in [0.25, 0.3) is 0 Å². The number of para-hydroxylation sites is 1. The van der Waals surface area contributed by atoms with Crippen molar-refractivity contribution >= 4 is 17.0 Å². The van der Waals surface area contributed by atoms with Gasteiger partial charge in [-0.05, 0) is 49.6 Å². The third-order valence-electron chi connectivity index (χ3n) is 5.88. The van der Waals surface area contributed by atoms with Gasteiger partial charge in [0.15, 0.2) is 6.10 Å². The van der Waals surface area contributed by atoms with Crippen LogP contribution in [0.4, 0.5) is 8.78 Å². The molecule has 38 heavy (non-hydrogen) atoms. The van der Waals surface area contributed by atoms with Crippen LogP contribution in [0.2, 0.25) is 0 Å². The fourth-order valence-corrected chi connectivity index (χ4v) is 5.08. The Hall–Kier alpha value is -3.06. The summed E-state index contributed by atoms with van der Waals surface area (Å²) in [6.45, 7) is 5.75. The van der Waals surface area contributed by atoms with Gasteiger partial charge in [0.25, 0.3) is 0 Å². The van der Waals surface area contributed by atoms with E-state index < -0.39 is 35.6 Å². The molecule has 0 bridgehead atoms. The van der Waals surface area contributed by atoms with Gasteiger partial charge in [-0.3, -0.25) is 0 Å². The van der Waals surface area contributed by atoms with Crippen LogP contribution in [0.1, 0.15) is 36.6 Å². The van der Waals surface area contributed by atoms with Crippen molar-refractivity contribution in [2.24, 2.45) is 11.6 Å². The normalized spacial score (nSPS) is 17.2. The first-order valence-electron chi connectivity index (χ1n) is 12.2. The summed E-state index contributed by atoms with van der Waals surface area (Å²) in [6, 6.07) is 11.7. The van der Waals surface area contributed by atoms with E-state index in [9.17, 15) is 9.00 Å². The second kappa shape index (κ2) is 13.1. The zero-order chi connectivity index (χ0) is 27.9. The minimum absolute atomic E-state index is 0.0498. The zero-order valence-electron chi connectivity index (χ0n) is 21.7. The number of halogens is 2. The standard InChI is InChI=1S/C26H34F2N4O5S/c1-4-31(30)16-21(29)17-37-24(26(27,28)25(33)35-5-2)19-11-10-18(3)20(14-19)15-32-12-13-36-22-8-6-7-9-23(22)38(32)34/h6-11,14,16,24H,4-5,12-13,15,17,29-30H2,1-3H3/b21-16-. The molecule has 1 aliphatic heterocycles. The maximum absolute atomic E-state index is 15.3. The molecule has 4 N–H and O–H groups in total. The highest BCUT2D eigenvalue weighted by atomic mass is 32.2. The summed E-state index contributed by atoms with van der Waals surface area (Å²) in [5.74, 6) is 0.542. The highest BCUT2D eigenvalue weighted by molar-refractivity contribution is 7.82. The molecule has 0 radical (unpaired) electrons. The summed E-state index contributed by atoms with van der Waals surface area (Å²) in [6.07, 6.45) is -0.617. The number of hydrogen-bond donors (Lipinski definition) is 2. The number of nitrogens with zero attached hydrogens (tertiary/aromatic N) is 2. The average molecular weight is 553 g/mol. The lowest BCUT2D eigenvalue weighted by Crippen LogP contribution is -2.39. The Balaban J connectivity index is 1.92. The molecule has 2 atom stereocenters. The number of nitrogens with two attached hydrogens (primary N) is 2. The maximum atomic E-state index is 15.3. The summed E-state index contributed by atoms with van der Waals surface area (Å²) in [5.41, 5.74) is 7.49. The van der Waals surface area contributed by atoms with Crippen molar-refractivity contribution in [2.45, 2.75) is 44.2 Å². The van der Waals surface area contributed by atoms with Crippen LogP contribution in [-0.4, -0.2) is 58.3 Å². The zero-order valence-corrected chi connectivity index (χ0v) is 22.5. The van der Waals surface area contributed by atoms with Crippen LogP contribution in [-0.2, 0) is 31.8 Å². The van der Waals surface area contributed by atoms with Crippen LogP contribution >= 0.6 is 0 Å². The van der Waals surface area contributed by atoms with Gasteiger partial charge in [0.1, 0.15) is 23.3 Å². The van der Waals surface area contributed by atoms with Crippen molar-refractivity contribution in [3.8, 4) is 5.75 Å². The van der Waals surface area contributed by atoms with Gasteiger partial charge in [0.2, 0.25) is 0 Å². The van der Waals surface area contributed by atoms with Crippen LogP contribution in [0, 0.1) is 6.92 Å². The van der Waals surface area contributed by atoms with Gasteiger partial charge in [-0.15, -0.1) is 0 Å². The molecule has 208 valence electrons. The van der Waals surface area contributed by atoms with E-state index in [0.29, 0.717) is 35.9 Å². The van der Waals surface area contributed by atoms with Crippen LogP contribution in [0.3, 0.4) is 0 Å². The first-order chi connectivity index (χ1) is 18.1. The Morgan fingerprint density at radius 3 is 2.74 bits per heavy atom. The number of fused-ring (bicyclic) bond motifs is 1. The third-order valence-corrected chi connectivity index (χ3v) is 7.38. The number of rotatable bonds is 11. The molecule has 0 aliphatic carbocycles. The molecule has 0 saturated heterocycles. The number of carbonyl (C=O) groups is 1. The van der Waals surface area contributed by atoms with Gasteiger partial charge in [0.05, 0.1) is 23.8 Å². The Bertz CT molecular complexity index is 1180. The van der Waals surface area contributed by atoms with E-state index in [-0.39, 0.29) is 24.4 Å². The average Bonchev–Trinajstić information content (AvgIpc) is 3.04. The van der Waals surface area contributed by atoms with Crippen molar-refractivity contribution in [1.82, 2.24) is 9.31 Å². The van der Waals surface area contributed by atoms with E-state index in [0.717, 1.165) is 5.56 Å². The third kappa shape index (κ3) is 7.07. The predicted molar refractivity (Wildman–Crippen MR) is 139 cm³/mol. The van der Waals surface area contributed by atoms with Gasteiger partial charge in [-0.1, -0.05) is 30.3 Å². The van der Waals surface area contributed by atoms with Crippen molar-refractivity contribution in [3.05, 3.63) is 71.1 Å². The first kappa shape index (κ1) is 29.5. The SMILES string of the molecule is CCOC(=O)C(F)(F)C(OC/C(N)=C/N(N)CC)c1ccc(C)c(CN2CCOc3ccccc3S2=O)c1. The number of ether oxygens (including phenoxy) is 3. The number of hydrogen-bond acceptors (Lipinski definition) is 8. The number of esters is 1. The highest BCUT2D eigenvalue weighted by Gasteiger charge is 2.51. The molecule has 2 aromatic carbocycles. The Labute approximate surface area is 223 Å². The van der Waals surface area contributed by atoms with Gasteiger partial charge < -0.3 is 25.0 Å². The van der Waals surface area contributed by atoms with Gasteiger partial charge in [-0.25, -0.2) is 19.2 Å². The Morgan fingerprint density at radius 1 is 1.29 bits per heavy atom. The lowest BCUT2D eigenvalue weighted by atomic mass is 9.98. The van der Waals surface area contributed by atoms with Gasteiger partial charge >= 0.3 is 11.9 Å². The molecule has 1 heterocycles. The van der Waals surface area contributed by atoms with Gasteiger partial charge in [0, 0.05) is 25.8 Å². The molecule has 0 aromatic heterocycles. The van der Waals surface area contributed by atoms with Crippen LogP contribution in [0.5, 0.6) is 5.75 Å². The topological polar surface area (TPSA) is 120 Å². The molecule has 0 saturated carbocycles. The number of carbonyl (C=O) groups excluding carboxylic acids is 1. The summed E-state index contributed by atoms with van der Waals surface area (Å²) >= 11 is 0. The van der Waals surface area contributed by atoms with Crippen molar-refractivity contribution in [3.63, 3.8) is 0 Å². The predicted octanol–water partition coefficient (Wildman–Crippen LogP) is 3.16. The minimum atomic E-state index is -4.01. The van der Waals surface area contributed by atoms with Crippen molar-refractivity contribution in [1.29, 1.82) is 0 Å². The van der Waals surface area contributed by atoms with E-state index in [1.54, 1.807) is 41.6 Å². The maximum Gasteiger partial charge on any atom is 0.380 e. The van der Waals surface area contributed by atoms with E-state index in [1.807, 2.05) is 6.92 Å². The fourth-order valence-electron chi connectivity index (χ4n) is 3.81. The number of aryl methyl sites for hydroxylation is 1. The van der Waals surface area contributed by atoms with Crippen LogP contribution in [0.15, 0.2) is 59.3 Å².